The number of ketones is 1. The van der Waals surface area contributed by atoms with Crippen molar-refractivity contribution in [3.8, 4) is 11.8 Å². The van der Waals surface area contributed by atoms with Gasteiger partial charge in [-0.25, -0.2) is 0 Å². The summed E-state index contributed by atoms with van der Waals surface area (Å²) in [6, 6.07) is 0. The highest BCUT2D eigenvalue weighted by molar-refractivity contribution is 5.79. The van der Waals surface area contributed by atoms with Crippen molar-refractivity contribution in [1.29, 1.82) is 0 Å². The molecule has 4 saturated carbocycles. The average Bonchev–Trinajstić information content (AvgIpc) is 3.23. The number of Topliss-reactive ketones (excluding diaryl/α,β-unsaturated/α-hetero) is 1. The number of aliphatic hydroxyl groups excluding tert-OH is 1. The lowest BCUT2D eigenvalue weighted by Crippen LogP contribution is -2.57. The van der Waals surface area contributed by atoms with Crippen LogP contribution in [0.1, 0.15) is 143 Å². The van der Waals surface area contributed by atoms with Gasteiger partial charge in [0, 0.05) is 12.3 Å². The Hall–Kier alpha value is -0.850. The predicted octanol–water partition coefficient (Wildman–Crippen LogP) is 7.86. The van der Waals surface area contributed by atoms with E-state index in [1.165, 1.54) is 89.9 Å². The molecular weight excluding hydrogens is 456 g/mol. The fourth-order valence-corrected chi connectivity index (χ4v) is 10.3. The maximum atomic E-state index is 12.6. The molecule has 4 rings (SSSR count). The standard InChI is InChI=1S/C34H56O3/c1-4-5-6-7-8-9-10-11-20-34-23-22-33(37,19-12-13-24-35)25-27(34)14-15-28-30-17-16-29(26(2)36)32(30,3)21-18-31(28)34/h27-31,35,37H,4-11,14-25H2,1-3H3/t27?,28-,29+,30-,31-,32+,33?,34-/m0/s1. The van der Waals surface area contributed by atoms with Crippen molar-refractivity contribution >= 4 is 5.78 Å². The highest BCUT2D eigenvalue weighted by Crippen LogP contribution is 2.69. The third-order valence-corrected chi connectivity index (χ3v) is 12.1. The largest absolute Gasteiger partial charge is 0.389 e. The Labute approximate surface area is 228 Å². The quantitative estimate of drug-likeness (QED) is 0.219. The zero-order valence-corrected chi connectivity index (χ0v) is 24.3. The van der Waals surface area contributed by atoms with E-state index in [0.29, 0.717) is 29.5 Å². The Kier molecular flexibility index (Phi) is 9.88. The van der Waals surface area contributed by atoms with Crippen molar-refractivity contribution in [1.82, 2.24) is 0 Å². The molecule has 0 spiro atoms. The monoisotopic (exact) mass is 512 g/mol. The Balaban J connectivity index is 1.48. The predicted molar refractivity (Wildman–Crippen MR) is 152 cm³/mol. The molecule has 0 aliphatic heterocycles. The number of unbranched alkanes of at least 4 members (excludes halogenated alkanes) is 7. The van der Waals surface area contributed by atoms with E-state index in [4.69, 9.17) is 5.11 Å². The summed E-state index contributed by atoms with van der Waals surface area (Å²) in [4.78, 5) is 12.6. The molecule has 210 valence electrons. The van der Waals surface area contributed by atoms with E-state index in [2.05, 4.69) is 25.7 Å². The first-order valence-electron chi connectivity index (χ1n) is 16.1. The minimum Gasteiger partial charge on any atom is -0.389 e. The number of hydrogen-bond acceptors (Lipinski definition) is 3. The fourth-order valence-electron chi connectivity index (χ4n) is 10.3. The number of aliphatic hydroxyl groups is 2. The number of hydrogen-bond donors (Lipinski definition) is 2. The molecule has 0 bridgehead atoms. The summed E-state index contributed by atoms with van der Waals surface area (Å²) in [7, 11) is 0. The molecule has 0 aromatic carbocycles. The van der Waals surface area contributed by atoms with Gasteiger partial charge in [0.05, 0.1) is 5.60 Å². The minimum atomic E-state index is -0.682. The summed E-state index contributed by atoms with van der Waals surface area (Å²) < 4.78 is 0. The molecule has 37 heavy (non-hydrogen) atoms. The minimum absolute atomic E-state index is 0.118. The molecule has 0 radical (unpaired) electrons. The molecule has 3 heteroatoms. The van der Waals surface area contributed by atoms with Gasteiger partial charge in [-0.15, -0.1) is 0 Å². The van der Waals surface area contributed by atoms with Crippen LogP contribution in [0, 0.1) is 52.3 Å². The average molecular weight is 513 g/mol. The lowest BCUT2D eigenvalue weighted by atomic mass is 9.42. The van der Waals surface area contributed by atoms with Crippen LogP contribution < -0.4 is 0 Å². The van der Waals surface area contributed by atoms with Crippen LogP contribution in [0.2, 0.25) is 0 Å². The van der Waals surface area contributed by atoms with E-state index in [-0.39, 0.29) is 17.9 Å². The molecule has 2 unspecified atom stereocenters. The first-order valence-corrected chi connectivity index (χ1v) is 16.1. The van der Waals surface area contributed by atoms with Crippen molar-refractivity contribution < 1.29 is 15.0 Å². The summed E-state index contributed by atoms with van der Waals surface area (Å²) in [6.45, 7) is 6.47. The van der Waals surface area contributed by atoms with E-state index in [0.717, 1.165) is 37.5 Å². The molecular formula is C34H56O3. The van der Waals surface area contributed by atoms with E-state index >= 15 is 0 Å². The molecule has 0 saturated heterocycles. The second-order valence-corrected chi connectivity index (χ2v) is 14.0. The molecule has 8 atom stereocenters. The number of carbonyl (C=O) groups is 1. The Morgan fingerprint density at radius 3 is 2.30 bits per heavy atom. The van der Waals surface area contributed by atoms with E-state index < -0.39 is 5.60 Å². The maximum Gasteiger partial charge on any atom is 0.133 e. The van der Waals surface area contributed by atoms with Gasteiger partial charge in [0.15, 0.2) is 0 Å². The summed E-state index contributed by atoms with van der Waals surface area (Å²) in [6.07, 6.45) is 23.1. The van der Waals surface area contributed by atoms with Crippen molar-refractivity contribution in [3.05, 3.63) is 0 Å². The van der Waals surface area contributed by atoms with Gasteiger partial charge >= 0.3 is 0 Å². The van der Waals surface area contributed by atoms with Crippen LogP contribution in [0.4, 0.5) is 0 Å². The molecule has 3 nitrogen and oxygen atoms in total. The normalized spacial score (nSPS) is 40.7. The van der Waals surface area contributed by atoms with Gasteiger partial charge in [-0.05, 0) is 106 Å². The second-order valence-electron chi connectivity index (χ2n) is 14.0. The fraction of sp³-hybridized carbons (Fsp3) is 0.912. The Morgan fingerprint density at radius 2 is 1.59 bits per heavy atom. The van der Waals surface area contributed by atoms with Gasteiger partial charge in [0.2, 0.25) is 0 Å². The van der Waals surface area contributed by atoms with Gasteiger partial charge in [-0.2, -0.15) is 0 Å². The molecule has 0 aromatic heterocycles. The number of fused-ring (bicyclic) bond motifs is 5. The van der Waals surface area contributed by atoms with Crippen molar-refractivity contribution in [3.63, 3.8) is 0 Å². The molecule has 4 aliphatic carbocycles. The molecule has 4 aliphatic rings. The van der Waals surface area contributed by atoms with Gasteiger partial charge in [0.25, 0.3) is 0 Å². The smallest absolute Gasteiger partial charge is 0.133 e. The molecule has 4 fully saturated rings. The number of rotatable bonds is 11. The van der Waals surface area contributed by atoms with Crippen LogP contribution in [-0.2, 0) is 4.79 Å². The second kappa shape index (κ2) is 12.6. The summed E-state index contributed by atoms with van der Waals surface area (Å²) in [5, 5.41) is 20.6. The molecule has 2 N–H and O–H groups in total. The molecule has 0 aromatic rings. The van der Waals surface area contributed by atoms with Crippen LogP contribution in [0.15, 0.2) is 0 Å². The van der Waals surface area contributed by atoms with Crippen molar-refractivity contribution in [2.45, 2.75) is 148 Å². The van der Waals surface area contributed by atoms with Crippen molar-refractivity contribution in [2.24, 2.45) is 40.4 Å². The first kappa shape index (κ1) is 29.1. The zero-order valence-electron chi connectivity index (χ0n) is 24.3. The third kappa shape index (κ3) is 6.01. The first-order chi connectivity index (χ1) is 17.8. The van der Waals surface area contributed by atoms with Gasteiger partial charge < -0.3 is 10.2 Å². The van der Waals surface area contributed by atoms with E-state index in [9.17, 15) is 9.90 Å². The highest BCUT2D eigenvalue weighted by atomic mass is 16.3. The Morgan fingerprint density at radius 1 is 0.865 bits per heavy atom. The lowest BCUT2D eigenvalue weighted by molar-refractivity contribution is -0.162. The summed E-state index contributed by atoms with van der Waals surface area (Å²) >= 11 is 0. The Bertz CT molecular complexity index is 825. The lowest BCUT2D eigenvalue weighted by Gasteiger charge is -2.63. The molecule has 0 heterocycles. The van der Waals surface area contributed by atoms with Gasteiger partial charge in [-0.3, -0.25) is 4.79 Å². The van der Waals surface area contributed by atoms with Crippen LogP contribution in [0.5, 0.6) is 0 Å². The topological polar surface area (TPSA) is 57.5 Å². The SMILES string of the molecule is CCCCCCCCCC[C@]12CCC(O)(CC#CCO)CC1CC[C@@H]1[C@@H]2CC[C@]2(C)[C@@H](C(C)=O)CC[C@@H]12. The van der Waals surface area contributed by atoms with Crippen LogP contribution in [-0.4, -0.2) is 28.2 Å². The number of carbonyl (C=O) groups excluding carboxylic acids is 1. The van der Waals surface area contributed by atoms with Crippen molar-refractivity contribution in [2.75, 3.05) is 6.61 Å². The summed E-state index contributed by atoms with van der Waals surface area (Å²) in [5.74, 6) is 9.40. The van der Waals surface area contributed by atoms with E-state index in [1.54, 1.807) is 0 Å². The van der Waals surface area contributed by atoms with Crippen LogP contribution >= 0.6 is 0 Å². The maximum absolute atomic E-state index is 12.6. The van der Waals surface area contributed by atoms with Gasteiger partial charge in [-0.1, -0.05) is 77.1 Å². The van der Waals surface area contributed by atoms with Crippen LogP contribution in [0.25, 0.3) is 0 Å². The third-order valence-electron chi connectivity index (χ3n) is 12.1. The highest BCUT2D eigenvalue weighted by Gasteiger charge is 2.62. The van der Waals surface area contributed by atoms with Gasteiger partial charge in [0.1, 0.15) is 12.4 Å². The summed E-state index contributed by atoms with van der Waals surface area (Å²) in [5.41, 5.74) is -0.0923. The van der Waals surface area contributed by atoms with E-state index in [1.807, 2.05) is 6.92 Å². The zero-order chi connectivity index (χ0) is 26.5. The molecule has 0 amide bonds. The van der Waals surface area contributed by atoms with Crippen LogP contribution in [0.3, 0.4) is 0 Å².